The van der Waals surface area contributed by atoms with Gasteiger partial charge in [-0.2, -0.15) is 0 Å². The van der Waals surface area contributed by atoms with Crippen LogP contribution in [0.1, 0.15) is 11.1 Å². The van der Waals surface area contributed by atoms with Crippen LogP contribution >= 0.6 is 11.6 Å². The molecule has 0 radical (unpaired) electrons. The van der Waals surface area contributed by atoms with E-state index in [1.807, 2.05) is 18.2 Å². The fraction of sp³-hybridized carbons (Fsp3) is 0.250. The number of halogens is 1. The van der Waals surface area contributed by atoms with Gasteiger partial charge in [0.05, 0.1) is 11.5 Å². The molecule has 2 aromatic rings. The summed E-state index contributed by atoms with van der Waals surface area (Å²) in [4.78, 5) is 10.4. The second-order valence-corrected chi connectivity index (χ2v) is 10.3. The lowest BCUT2D eigenvalue weighted by Crippen LogP contribution is -2.33. The zero-order valence-electron chi connectivity index (χ0n) is 12.6. The highest BCUT2D eigenvalue weighted by atomic mass is 35.5. The van der Waals surface area contributed by atoms with Gasteiger partial charge in [0, 0.05) is 6.07 Å². The van der Waals surface area contributed by atoms with E-state index in [9.17, 15) is 10.1 Å². The topological polar surface area (TPSA) is 52.4 Å². The van der Waals surface area contributed by atoms with Crippen LogP contribution in [0.4, 0.5) is 5.69 Å². The smallest absolute Gasteiger partial charge is 0.288 e. The van der Waals surface area contributed by atoms with Crippen LogP contribution in [0, 0.1) is 10.1 Å². The predicted octanol–water partition coefficient (Wildman–Crippen LogP) is 4.75. The van der Waals surface area contributed by atoms with Crippen molar-refractivity contribution in [3.05, 3.63) is 74.8 Å². The molecule has 0 bridgehead atoms. The number of hydrogen-bond acceptors (Lipinski definition) is 3. The van der Waals surface area contributed by atoms with E-state index in [2.05, 4.69) is 25.2 Å². The van der Waals surface area contributed by atoms with Crippen molar-refractivity contribution in [2.45, 2.75) is 25.7 Å². The van der Waals surface area contributed by atoms with Crippen LogP contribution in [0.3, 0.4) is 0 Å². The summed E-state index contributed by atoms with van der Waals surface area (Å²) in [7, 11) is -1.89. The van der Waals surface area contributed by atoms with E-state index < -0.39 is 13.2 Å². The minimum Gasteiger partial charge on any atom is -0.413 e. The molecule has 0 amide bonds. The number of nitrogens with zero attached hydrogens (tertiary/aromatic N) is 1. The molecule has 0 fully saturated rings. The van der Waals surface area contributed by atoms with Crippen molar-refractivity contribution in [1.29, 1.82) is 0 Å². The SMILES string of the molecule is C[Si](C)(Cc1ccccc1)OCc1ccc(Cl)c([N+](=O)[O-])c1. The summed E-state index contributed by atoms with van der Waals surface area (Å²) in [6, 6.07) is 15.9. The van der Waals surface area contributed by atoms with E-state index in [4.69, 9.17) is 16.0 Å². The Balaban J connectivity index is 2.02. The first-order chi connectivity index (χ1) is 10.4. The molecule has 0 heterocycles. The third kappa shape index (κ3) is 4.66. The van der Waals surface area contributed by atoms with Gasteiger partial charge < -0.3 is 4.43 Å². The minimum atomic E-state index is -1.89. The minimum absolute atomic E-state index is 0.0784. The van der Waals surface area contributed by atoms with E-state index in [0.29, 0.717) is 6.61 Å². The molecule has 0 atom stereocenters. The predicted molar refractivity (Wildman–Crippen MR) is 90.5 cm³/mol. The second kappa shape index (κ2) is 7.04. The van der Waals surface area contributed by atoms with Crippen molar-refractivity contribution in [2.24, 2.45) is 0 Å². The standard InChI is InChI=1S/C16H18ClNO3Si/c1-22(2,12-13-6-4-3-5-7-13)21-11-14-8-9-15(17)16(10-14)18(19)20/h3-10H,11-12H2,1-2H3. The molecule has 0 aliphatic rings. The molecule has 4 nitrogen and oxygen atoms in total. The van der Waals surface area contributed by atoms with Crippen LogP contribution in [0.2, 0.25) is 18.1 Å². The van der Waals surface area contributed by atoms with Crippen LogP contribution in [-0.2, 0) is 17.1 Å². The Morgan fingerprint density at radius 3 is 2.45 bits per heavy atom. The highest BCUT2D eigenvalue weighted by Gasteiger charge is 2.23. The first-order valence-corrected chi connectivity index (χ1v) is 10.5. The number of benzene rings is 2. The molecule has 0 aromatic heterocycles. The molecule has 0 aliphatic heterocycles. The average molecular weight is 336 g/mol. The summed E-state index contributed by atoms with van der Waals surface area (Å²) in [5.74, 6) is 0. The van der Waals surface area contributed by atoms with Crippen LogP contribution in [-0.4, -0.2) is 13.2 Å². The van der Waals surface area contributed by atoms with Gasteiger partial charge in [0.1, 0.15) is 5.02 Å². The Hall–Kier alpha value is -1.69. The molecule has 6 heteroatoms. The monoisotopic (exact) mass is 335 g/mol. The largest absolute Gasteiger partial charge is 0.413 e. The van der Waals surface area contributed by atoms with Gasteiger partial charge in [-0.25, -0.2) is 0 Å². The van der Waals surface area contributed by atoms with Gasteiger partial charge in [0.2, 0.25) is 0 Å². The first kappa shape index (κ1) is 16.7. The summed E-state index contributed by atoms with van der Waals surface area (Å²) < 4.78 is 6.07. The molecular weight excluding hydrogens is 318 g/mol. The van der Waals surface area contributed by atoms with Crippen molar-refractivity contribution < 1.29 is 9.35 Å². The Morgan fingerprint density at radius 1 is 1.14 bits per heavy atom. The van der Waals surface area contributed by atoms with Crippen LogP contribution in [0.5, 0.6) is 0 Å². The van der Waals surface area contributed by atoms with Crippen molar-refractivity contribution in [3.63, 3.8) is 0 Å². The van der Waals surface area contributed by atoms with Crippen LogP contribution in [0.15, 0.2) is 48.5 Å². The molecular formula is C16H18ClNO3Si. The van der Waals surface area contributed by atoms with Gasteiger partial charge in [0.15, 0.2) is 8.32 Å². The normalized spacial score (nSPS) is 11.4. The fourth-order valence-electron chi connectivity index (χ4n) is 2.21. The van der Waals surface area contributed by atoms with Gasteiger partial charge >= 0.3 is 0 Å². The molecule has 22 heavy (non-hydrogen) atoms. The molecule has 0 saturated carbocycles. The molecule has 2 aromatic carbocycles. The highest BCUT2D eigenvalue weighted by molar-refractivity contribution is 6.70. The summed E-state index contributed by atoms with van der Waals surface area (Å²) in [6.07, 6.45) is 0. The fourth-order valence-corrected chi connectivity index (χ4v) is 4.27. The maximum atomic E-state index is 10.9. The van der Waals surface area contributed by atoms with Gasteiger partial charge in [0.25, 0.3) is 5.69 Å². The molecule has 2 rings (SSSR count). The molecule has 0 N–H and O–H groups in total. The lowest BCUT2D eigenvalue weighted by atomic mass is 10.2. The van der Waals surface area contributed by atoms with Gasteiger partial charge in [-0.15, -0.1) is 0 Å². The van der Waals surface area contributed by atoms with Crippen LogP contribution in [0.25, 0.3) is 0 Å². The third-order valence-corrected chi connectivity index (χ3v) is 5.81. The van der Waals surface area contributed by atoms with Crippen molar-refractivity contribution in [2.75, 3.05) is 0 Å². The molecule has 116 valence electrons. The molecule has 0 spiro atoms. The lowest BCUT2D eigenvalue weighted by molar-refractivity contribution is -0.384. The summed E-state index contributed by atoms with van der Waals surface area (Å²) in [6.45, 7) is 4.65. The van der Waals surface area contributed by atoms with Crippen LogP contribution < -0.4 is 0 Å². The average Bonchev–Trinajstić information content (AvgIpc) is 2.47. The molecule has 0 unspecified atom stereocenters. The number of hydrogen-bond donors (Lipinski definition) is 0. The first-order valence-electron chi connectivity index (χ1n) is 6.98. The van der Waals surface area contributed by atoms with E-state index >= 15 is 0 Å². The molecule has 0 aliphatic carbocycles. The van der Waals surface area contributed by atoms with E-state index in [-0.39, 0.29) is 10.7 Å². The third-order valence-electron chi connectivity index (χ3n) is 3.31. The maximum Gasteiger partial charge on any atom is 0.288 e. The Morgan fingerprint density at radius 2 is 1.82 bits per heavy atom. The Labute approximate surface area is 136 Å². The van der Waals surface area contributed by atoms with E-state index in [0.717, 1.165) is 11.6 Å². The zero-order valence-corrected chi connectivity index (χ0v) is 14.3. The molecule has 0 saturated heterocycles. The maximum absolute atomic E-state index is 10.9. The zero-order chi connectivity index (χ0) is 16.2. The summed E-state index contributed by atoms with van der Waals surface area (Å²) in [5.41, 5.74) is 1.94. The van der Waals surface area contributed by atoms with Gasteiger partial charge in [-0.05, 0) is 36.3 Å². The summed E-state index contributed by atoms with van der Waals surface area (Å²) >= 11 is 5.81. The number of rotatable bonds is 6. The highest BCUT2D eigenvalue weighted by Crippen LogP contribution is 2.26. The number of nitro benzene ring substituents is 1. The van der Waals surface area contributed by atoms with Crippen molar-refractivity contribution in [3.8, 4) is 0 Å². The summed E-state index contributed by atoms with van der Waals surface area (Å²) in [5, 5.41) is 11.1. The van der Waals surface area contributed by atoms with Crippen molar-refractivity contribution >= 4 is 25.6 Å². The quantitative estimate of drug-likeness (QED) is 0.435. The second-order valence-electron chi connectivity index (χ2n) is 5.75. The Bertz CT molecular complexity index is 662. The van der Waals surface area contributed by atoms with E-state index in [1.54, 1.807) is 12.1 Å². The lowest BCUT2D eigenvalue weighted by Gasteiger charge is -2.23. The van der Waals surface area contributed by atoms with Gasteiger partial charge in [-0.1, -0.05) is 48.0 Å². The van der Waals surface area contributed by atoms with Crippen molar-refractivity contribution in [1.82, 2.24) is 0 Å². The van der Waals surface area contributed by atoms with E-state index in [1.165, 1.54) is 11.6 Å². The Kier molecular flexibility index (Phi) is 5.34. The van der Waals surface area contributed by atoms with Gasteiger partial charge in [-0.3, -0.25) is 10.1 Å². The number of nitro groups is 1.